The van der Waals surface area contributed by atoms with Crippen LogP contribution >= 0.6 is 0 Å². The van der Waals surface area contributed by atoms with Crippen LogP contribution in [0.1, 0.15) is 16.8 Å². The van der Waals surface area contributed by atoms with Crippen molar-refractivity contribution in [2.45, 2.75) is 12.5 Å². The molecule has 1 aromatic heterocycles. The average Bonchev–Trinajstić information content (AvgIpc) is 2.86. The van der Waals surface area contributed by atoms with E-state index in [1.807, 2.05) is 0 Å². The van der Waals surface area contributed by atoms with Gasteiger partial charge in [0.25, 0.3) is 5.91 Å². The van der Waals surface area contributed by atoms with E-state index in [0.29, 0.717) is 23.1 Å². The Balaban J connectivity index is 1.92. The first kappa shape index (κ1) is 15.5. The number of aromatic amines is 1. The molecule has 0 radical (unpaired) electrons. The van der Waals surface area contributed by atoms with E-state index in [2.05, 4.69) is 10.3 Å². The number of fused-ring (bicyclic) bond motifs is 1. The summed E-state index contributed by atoms with van der Waals surface area (Å²) in [6, 6.07) is 4.51. The van der Waals surface area contributed by atoms with E-state index in [0.717, 1.165) is 0 Å². The predicted molar refractivity (Wildman–Crippen MR) is 85.6 cm³/mol. The number of carbonyl (C=O) groups is 1. The van der Waals surface area contributed by atoms with Crippen LogP contribution in [-0.4, -0.2) is 44.0 Å². The number of hydrogen-bond acceptors (Lipinski definition) is 5. The summed E-state index contributed by atoms with van der Waals surface area (Å²) in [5, 5.41) is 2.96. The number of methoxy groups -OCH3 is 1. The highest BCUT2D eigenvalue weighted by Crippen LogP contribution is 2.17. The largest absolute Gasteiger partial charge is 0.497 e. The lowest BCUT2D eigenvalue weighted by Gasteiger charge is -2.11. The van der Waals surface area contributed by atoms with E-state index in [1.54, 1.807) is 18.2 Å². The zero-order chi connectivity index (χ0) is 16.6. The summed E-state index contributed by atoms with van der Waals surface area (Å²) < 4.78 is 28.0. The van der Waals surface area contributed by atoms with Crippen molar-refractivity contribution in [3.63, 3.8) is 0 Å². The highest BCUT2D eigenvalue weighted by molar-refractivity contribution is 7.91. The molecule has 122 valence electrons. The number of ether oxygens (including phenoxy) is 1. The summed E-state index contributed by atoms with van der Waals surface area (Å²) in [5.41, 5.74) is 0.127. The maximum atomic E-state index is 12.5. The van der Waals surface area contributed by atoms with Crippen LogP contribution in [0.3, 0.4) is 0 Å². The number of amides is 1. The molecule has 1 aliphatic heterocycles. The van der Waals surface area contributed by atoms with Gasteiger partial charge in [-0.3, -0.25) is 9.59 Å². The van der Waals surface area contributed by atoms with Crippen molar-refractivity contribution >= 4 is 26.6 Å². The Kier molecular flexibility index (Phi) is 3.85. The normalized spacial score (nSPS) is 19.6. The number of aromatic nitrogens is 1. The first-order valence-electron chi connectivity index (χ1n) is 7.10. The average molecular weight is 336 g/mol. The summed E-state index contributed by atoms with van der Waals surface area (Å²) in [6.07, 6.45) is 1.71. The minimum Gasteiger partial charge on any atom is -0.497 e. The second kappa shape index (κ2) is 5.69. The molecular weight excluding hydrogens is 320 g/mol. The van der Waals surface area contributed by atoms with Gasteiger partial charge in [0.2, 0.25) is 5.43 Å². The summed E-state index contributed by atoms with van der Waals surface area (Å²) in [7, 11) is -1.60. The van der Waals surface area contributed by atoms with Crippen LogP contribution in [0.2, 0.25) is 0 Å². The van der Waals surface area contributed by atoms with Gasteiger partial charge in [0.05, 0.1) is 18.6 Å². The van der Waals surface area contributed by atoms with Crippen LogP contribution in [-0.2, 0) is 9.84 Å². The number of hydrogen-bond donors (Lipinski definition) is 2. The lowest BCUT2D eigenvalue weighted by molar-refractivity contribution is 0.0940. The molecular formula is C15H16N2O5S. The monoisotopic (exact) mass is 336 g/mol. The zero-order valence-electron chi connectivity index (χ0n) is 12.5. The second-order valence-corrected chi connectivity index (χ2v) is 7.75. The standard InChI is InChI=1S/C15H16N2O5S/c1-22-10-2-3-13-11(6-10)14(18)12(7-16-13)15(19)17-9-4-5-23(20,21)8-9/h2-3,6-7,9H,4-5,8H2,1H3,(H,16,18)(H,17,19)/t9-/m0/s1. The van der Waals surface area contributed by atoms with Crippen LogP contribution < -0.4 is 15.5 Å². The van der Waals surface area contributed by atoms with E-state index < -0.39 is 27.2 Å². The van der Waals surface area contributed by atoms with E-state index in [9.17, 15) is 18.0 Å². The molecule has 1 saturated heterocycles. The molecule has 1 aromatic carbocycles. The molecule has 1 atom stereocenters. The van der Waals surface area contributed by atoms with Crippen LogP contribution in [0.25, 0.3) is 10.9 Å². The third-order valence-corrected chi connectivity index (χ3v) is 5.67. The molecule has 7 nitrogen and oxygen atoms in total. The topological polar surface area (TPSA) is 105 Å². The minimum absolute atomic E-state index is 0.0462. The van der Waals surface area contributed by atoms with Gasteiger partial charge in [-0.2, -0.15) is 0 Å². The lowest BCUT2D eigenvalue weighted by atomic mass is 10.1. The highest BCUT2D eigenvalue weighted by Gasteiger charge is 2.29. The Morgan fingerprint density at radius 3 is 2.83 bits per heavy atom. The van der Waals surface area contributed by atoms with Crippen molar-refractivity contribution in [1.82, 2.24) is 10.3 Å². The van der Waals surface area contributed by atoms with Gasteiger partial charge >= 0.3 is 0 Å². The molecule has 23 heavy (non-hydrogen) atoms. The fourth-order valence-electron chi connectivity index (χ4n) is 2.67. The van der Waals surface area contributed by atoms with Gasteiger partial charge in [-0.15, -0.1) is 0 Å². The molecule has 0 unspecified atom stereocenters. The Morgan fingerprint density at radius 1 is 1.39 bits per heavy atom. The molecule has 8 heteroatoms. The number of rotatable bonds is 3. The summed E-state index contributed by atoms with van der Waals surface area (Å²) in [6.45, 7) is 0. The maximum Gasteiger partial charge on any atom is 0.257 e. The molecule has 1 fully saturated rings. The van der Waals surface area contributed by atoms with Crippen LogP contribution in [0.4, 0.5) is 0 Å². The van der Waals surface area contributed by atoms with Crippen molar-refractivity contribution in [3.05, 3.63) is 40.2 Å². The third-order valence-electron chi connectivity index (χ3n) is 3.90. The Morgan fingerprint density at radius 2 is 2.17 bits per heavy atom. The molecule has 0 bridgehead atoms. The second-order valence-electron chi connectivity index (χ2n) is 5.52. The van der Waals surface area contributed by atoms with Gasteiger partial charge in [-0.05, 0) is 24.6 Å². The quantitative estimate of drug-likeness (QED) is 0.847. The van der Waals surface area contributed by atoms with E-state index in [-0.39, 0.29) is 17.1 Å². The van der Waals surface area contributed by atoms with Crippen molar-refractivity contribution < 1.29 is 17.9 Å². The van der Waals surface area contributed by atoms with Gasteiger partial charge in [-0.1, -0.05) is 0 Å². The molecule has 1 amide bonds. The van der Waals surface area contributed by atoms with Gasteiger partial charge in [0, 0.05) is 23.1 Å². The predicted octanol–water partition coefficient (Wildman–Crippen LogP) is 0.454. The van der Waals surface area contributed by atoms with Crippen LogP contribution in [0.15, 0.2) is 29.2 Å². The smallest absolute Gasteiger partial charge is 0.257 e. The summed E-state index contributed by atoms with van der Waals surface area (Å²) in [4.78, 5) is 27.7. The molecule has 3 rings (SSSR count). The van der Waals surface area contributed by atoms with Gasteiger partial charge in [-0.25, -0.2) is 8.42 Å². The van der Waals surface area contributed by atoms with Crippen molar-refractivity contribution in [2.75, 3.05) is 18.6 Å². The fourth-order valence-corrected chi connectivity index (χ4v) is 4.34. The van der Waals surface area contributed by atoms with Crippen molar-refractivity contribution in [1.29, 1.82) is 0 Å². The van der Waals surface area contributed by atoms with E-state index >= 15 is 0 Å². The molecule has 0 spiro atoms. The number of sulfone groups is 1. The first-order valence-corrected chi connectivity index (χ1v) is 8.92. The van der Waals surface area contributed by atoms with Crippen molar-refractivity contribution in [2.24, 2.45) is 0 Å². The third kappa shape index (κ3) is 3.07. The van der Waals surface area contributed by atoms with E-state index in [1.165, 1.54) is 13.3 Å². The number of benzene rings is 1. The maximum absolute atomic E-state index is 12.5. The molecule has 2 heterocycles. The number of nitrogens with one attached hydrogen (secondary N) is 2. The fraction of sp³-hybridized carbons (Fsp3) is 0.333. The molecule has 2 aromatic rings. The Bertz CT molecular complexity index is 933. The lowest BCUT2D eigenvalue weighted by Crippen LogP contribution is -2.38. The van der Waals surface area contributed by atoms with Gasteiger partial charge in [0.1, 0.15) is 11.3 Å². The molecule has 1 aliphatic rings. The number of pyridine rings is 1. The van der Waals surface area contributed by atoms with Gasteiger partial charge < -0.3 is 15.0 Å². The Hall–Kier alpha value is -2.35. The zero-order valence-corrected chi connectivity index (χ0v) is 13.3. The number of H-pyrrole nitrogens is 1. The molecule has 0 saturated carbocycles. The SMILES string of the molecule is COc1ccc2[nH]cc(C(=O)N[C@H]3CCS(=O)(=O)C3)c(=O)c2c1. The van der Waals surface area contributed by atoms with Crippen molar-refractivity contribution in [3.8, 4) is 5.75 Å². The highest BCUT2D eigenvalue weighted by atomic mass is 32.2. The molecule has 0 aliphatic carbocycles. The first-order chi connectivity index (χ1) is 10.9. The summed E-state index contributed by atoms with van der Waals surface area (Å²) in [5.74, 6) is -0.0816. The Labute approximate surface area is 132 Å². The van der Waals surface area contributed by atoms with Crippen LogP contribution in [0.5, 0.6) is 5.75 Å². The van der Waals surface area contributed by atoms with Crippen LogP contribution in [0, 0.1) is 0 Å². The molecule has 2 N–H and O–H groups in total. The van der Waals surface area contributed by atoms with E-state index in [4.69, 9.17) is 4.74 Å². The summed E-state index contributed by atoms with van der Waals surface area (Å²) >= 11 is 0. The number of carbonyl (C=O) groups excluding carboxylic acids is 1. The minimum atomic E-state index is -3.09. The van der Waals surface area contributed by atoms with Gasteiger partial charge in [0.15, 0.2) is 9.84 Å².